The molecule has 0 heterocycles. The second-order valence-corrected chi connectivity index (χ2v) is 5.99. The number of rotatable bonds is 8. The average molecular weight is 269 g/mol. The number of hydrogen-bond donors (Lipinski definition) is 1. The number of ether oxygens (including phenoxy) is 1. The van der Waals surface area contributed by atoms with Crippen molar-refractivity contribution in [2.45, 2.75) is 26.3 Å². The van der Waals surface area contributed by atoms with Crippen LogP contribution in [0.15, 0.2) is 24.3 Å². The van der Waals surface area contributed by atoms with Crippen molar-refractivity contribution in [3.63, 3.8) is 0 Å². The Morgan fingerprint density at radius 1 is 1.28 bits per heavy atom. The van der Waals surface area contributed by atoms with Gasteiger partial charge in [0.1, 0.15) is 5.75 Å². The van der Waals surface area contributed by atoms with Crippen molar-refractivity contribution in [1.29, 1.82) is 0 Å². The summed E-state index contributed by atoms with van der Waals surface area (Å²) in [6.45, 7) is 4.90. The van der Waals surface area contributed by atoms with E-state index in [-0.39, 0.29) is 0 Å². The topological polar surface area (TPSA) is 38.3 Å². The van der Waals surface area contributed by atoms with Crippen LogP contribution in [-0.4, -0.2) is 29.4 Å². The fraction of sp³-hybridized carbons (Fsp3) is 0.571. The molecular weight excluding hydrogens is 246 g/mol. The van der Waals surface area contributed by atoms with E-state index in [4.69, 9.17) is 4.74 Å². The van der Waals surface area contributed by atoms with Crippen LogP contribution in [0.4, 0.5) is 0 Å². The minimum atomic E-state index is -0.689. The van der Waals surface area contributed by atoms with E-state index in [1.54, 1.807) is 7.11 Å². The largest absolute Gasteiger partial charge is 0.497 e. The van der Waals surface area contributed by atoms with Gasteiger partial charge in [-0.05, 0) is 24.1 Å². The number of benzene rings is 1. The highest BCUT2D eigenvalue weighted by atomic mass is 32.2. The zero-order valence-corrected chi connectivity index (χ0v) is 12.3. The van der Waals surface area contributed by atoms with Gasteiger partial charge >= 0.3 is 0 Å². The minimum absolute atomic E-state index is 0.324. The Hall–Kier alpha value is -0.870. The van der Waals surface area contributed by atoms with E-state index >= 15 is 0 Å². The highest BCUT2D eigenvalue weighted by Crippen LogP contribution is 2.19. The lowest BCUT2D eigenvalue weighted by molar-refractivity contribution is 0.414. The van der Waals surface area contributed by atoms with Crippen LogP contribution in [0.1, 0.15) is 31.9 Å². The number of nitrogens with one attached hydrogen (secondary N) is 1. The van der Waals surface area contributed by atoms with Crippen LogP contribution in [0.3, 0.4) is 0 Å². The highest BCUT2D eigenvalue weighted by molar-refractivity contribution is 7.84. The molecule has 4 heteroatoms. The molecule has 0 amide bonds. The molecule has 2 atom stereocenters. The van der Waals surface area contributed by atoms with Gasteiger partial charge in [0.25, 0.3) is 0 Å². The summed E-state index contributed by atoms with van der Waals surface area (Å²) in [5, 5.41) is 3.45. The summed E-state index contributed by atoms with van der Waals surface area (Å²) < 4.78 is 16.5. The van der Waals surface area contributed by atoms with Crippen LogP contribution in [-0.2, 0) is 10.8 Å². The maximum atomic E-state index is 11.4. The molecule has 0 radical (unpaired) electrons. The van der Waals surface area contributed by atoms with Crippen LogP contribution in [0.25, 0.3) is 0 Å². The van der Waals surface area contributed by atoms with Gasteiger partial charge in [-0.25, -0.2) is 0 Å². The smallest absolute Gasteiger partial charge is 0.118 e. The Kier molecular flexibility index (Phi) is 6.98. The molecule has 0 spiro atoms. The molecule has 1 rings (SSSR count). The third-order valence-electron chi connectivity index (χ3n) is 2.97. The molecule has 2 unspecified atom stereocenters. The van der Waals surface area contributed by atoms with Crippen LogP contribution in [0.5, 0.6) is 5.75 Å². The van der Waals surface area contributed by atoms with Gasteiger partial charge in [-0.1, -0.05) is 26.0 Å². The molecule has 102 valence electrons. The number of methoxy groups -OCH3 is 1. The van der Waals surface area contributed by atoms with Crippen LogP contribution in [0.2, 0.25) is 0 Å². The lowest BCUT2D eigenvalue weighted by Gasteiger charge is -2.17. The zero-order valence-electron chi connectivity index (χ0n) is 11.4. The van der Waals surface area contributed by atoms with Gasteiger partial charge < -0.3 is 10.1 Å². The summed E-state index contributed by atoms with van der Waals surface area (Å²) >= 11 is 0. The average Bonchev–Trinajstić information content (AvgIpc) is 2.43. The molecule has 0 bridgehead atoms. The van der Waals surface area contributed by atoms with Crippen LogP contribution < -0.4 is 10.1 Å². The first-order valence-electron chi connectivity index (χ1n) is 6.43. The zero-order chi connectivity index (χ0) is 13.4. The normalized spacial score (nSPS) is 14.2. The second kappa shape index (κ2) is 8.27. The van der Waals surface area contributed by atoms with Crippen molar-refractivity contribution in [1.82, 2.24) is 5.32 Å². The first kappa shape index (κ1) is 15.2. The third kappa shape index (κ3) is 4.78. The van der Waals surface area contributed by atoms with Crippen molar-refractivity contribution >= 4 is 10.8 Å². The Morgan fingerprint density at radius 2 is 1.94 bits per heavy atom. The third-order valence-corrected chi connectivity index (χ3v) is 4.27. The predicted molar refractivity (Wildman–Crippen MR) is 77.6 cm³/mol. The first-order valence-corrected chi connectivity index (χ1v) is 7.92. The molecule has 1 N–H and O–H groups in total. The fourth-order valence-electron chi connectivity index (χ4n) is 1.83. The molecule has 3 nitrogen and oxygen atoms in total. The van der Waals surface area contributed by atoms with E-state index < -0.39 is 10.8 Å². The summed E-state index contributed by atoms with van der Waals surface area (Å²) in [6, 6.07) is 8.44. The van der Waals surface area contributed by atoms with E-state index in [2.05, 4.69) is 24.4 Å². The Morgan fingerprint density at radius 3 is 2.44 bits per heavy atom. The lowest BCUT2D eigenvalue weighted by atomic mass is 10.0. The summed E-state index contributed by atoms with van der Waals surface area (Å²) in [4.78, 5) is 0. The highest BCUT2D eigenvalue weighted by Gasteiger charge is 2.08. The molecule has 0 aliphatic rings. The predicted octanol–water partition coefficient (Wildman–Crippen LogP) is 2.50. The standard InChI is InChI=1S/C14H23NO2S/c1-4-14(15-10-11-18(16)5-2)12-6-8-13(17-3)9-7-12/h6-9,14-15H,4-5,10-11H2,1-3H3. The molecule has 0 fully saturated rings. The molecule has 18 heavy (non-hydrogen) atoms. The van der Waals surface area contributed by atoms with Crippen LogP contribution in [0, 0.1) is 0 Å². The van der Waals surface area contributed by atoms with Gasteiger partial charge in [-0.15, -0.1) is 0 Å². The van der Waals surface area contributed by atoms with E-state index in [9.17, 15) is 4.21 Å². The molecular formula is C14H23NO2S. The van der Waals surface area contributed by atoms with Gasteiger partial charge in [0.15, 0.2) is 0 Å². The van der Waals surface area contributed by atoms with Gasteiger partial charge in [0.05, 0.1) is 7.11 Å². The molecule has 1 aromatic carbocycles. The van der Waals surface area contributed by atoms with Crippen molar-refractivity contribution < 1.29 is 8.95 Å². The molecule has 1 aromatic rings. The Balaban J connectivity index is 2.51. The molecule has 0 saturated carbocycles. The maximum absolute atomic E-state index is 11.4. The first-order chi connectivity index (χ1) is 8.71. The van der Waals surface area contributed by atoms with Crippen molar-refractivity contribution in [2.24, 2.45) is 0 Å². The van der Waals surface area contributed by atoms with Crippen molar-refractivity contribution in [3.05, 3.63) is 29.8 Å². The summed E-state index contributed by atoms with van der Waals surface area (Å²) in [5.41, 5.74) is 1.25. The fourth-order valence-corrected chi connectivity index (χ4v) is 2.46. The van der Waals surface area contributed by atoms with Crippen LogP contribution >= 0.6 is 0 Å². The monoisotopic (exact) mass is 269 g/mol. The molecule has 0 aromatic heterocycles. The minimum Gasteiger partial charge on any atom is -0.497 e. The summed E-state index contributed by atoms with van der Waals surface area (Å²) in [5.74, 6) is 2.34. The molecule has 0 aliphatic heterocycles. The van der Waals surface area contributed by atoms with Gasteiger partial charge in [0, 0.05) is 34.9 Å². The molecule has 0 saturated heterocycles. The van der Waals surface area contributed by atoms with E-state index in [1.165, 1.54) is 5.56 Å². The maximum Gasteiger partial charge on any atom is 0.118 e. The Labute approximate surface area is 112 Å². The van der Waals surface area contributed by atoms with Crippen molar-refractivity contribution in [3.8, 4) is 5.75 Å². The van der Waals surface area contributed by atoms with Crippen molar-refractivity contribution in [2.75, 3.05) is 25.2 Å². The van der Waals surface area contributed by atoms with Gasteiger partial charge in [0.2, 0.25) is 0 Å². The summed E-state index contributed by atoms with van der Waals surface area (Å²) in [6.07, 6.45) is 1.02. The second-order valence-electron chi connectivity index (χ2n) is 4.12. The molecule has 0 aliphatic carbocycles. The van der Waals surface area contributed by atoms with E-state index in [0.717, 1.165) is 30.2 Å². The number of hydrogen-bond acceptors (Lipinski definition) is 3. The lowest BCUT2D eigenvalue weighted by Crippen LogP contribution is -2.25. The van der Waals surface area contributed by atoms with E-state index in [0.29, 0.717) is 6.04 Å². The Bertz CT molecular complexity index is 365. The van der Waals surface area contributed by atoms with Gasteiger partial charge in [-0.2, -0.15) is 0 Å². The van der Waals surface area contributed by atoms with Gasteiger partial charge in [-0.3, -0.25) is 4.21 Å². The van der Waals surface area contributed by atoms with E-state index in [1.807, 2.05) is 19.1 Å². The quantitative estimate of drug-likeness (QED) is 0.788. The SMILES string of the molecule is CCC(NCCS(=O)CC)c1ccc(OC)cc1. The summed E-state index contributed by atoms with van der Waals surface area (Å²) in [7, 11) is 0.982.